The second-order valence-electron chi connectivity index (χ2n) is 6.63. The van der Waals surface area contributed by atoms with E-state index in [9.17, 15) is 0 Å². The molecular weight excluding hydrogens is 280 g/mol. The predicted octanol–water partition coefficient (Wildman–Crippen LogP) is 4.50. The minimum Gasteiger partial charge on any atom is -0.316 e. The number of hydrogen-bond donors (Lipinski definition) is 1. The number of nitrogens with zero attached hydrogens (tertiary/aromatic N) is 1. The van der Waals surface area contributed by atoms with Gasteiger partial charge in [0.2, 0.25) is 0 Å². The van der Waals surface area contributed by atoms with E-state index < -0.39 is 0 Å². The molecule has 1 atom stereocenters. The Hall–Kier alpha value is -0.570. The summed E-state index contributed by atoms with van der Waals surface area (Å²) in [6, 6.07) is 8.67. The Bertz CT molecular complexity index is 441. The van der Waals surface area contributed by atoms with Gasteiger partial charge in [-0.3, -0.25) is 4.90 Å². The van der Waals surface area contributed by atoms with E-state index in [1.165, 1.54) is 31.2 Å². The zero-order valence-electron chi connectivity index (χ0n) is 13.7. The van der Waals surface area contributed by atoms with Crippen LogP contribution in [0.2, 0.25) is 5.02 Å². The Morgan fingerprint density at radius 3 is 2.67 bits per heavy atom. The fourth-order valence-corrected chi connectivity index (χ4v) is 3.79. The molecule has 3 heteroatoms. The van der Waals surface area contributed by atoms with E-state index in [4.69, 9.17) is 11.6 Å². The van der Waals surface area contributed by atoms with Crippen molar-refractivity contribution in [1.29, 1.82) is 0 Å². The molecule has 1 unspecified atom stereocenters. The summed E-state index contributed by atoms with van der Waals surface area (Å²) in [6.07, 6.45) is 5.47. The zero-order valence-corrected chi connectivity index (χ0v) is 14.4. The van der Waals surface area contributed by atoms with Crippen LogP contribution in [0.1, 0.15) is 51.1 Å². The molecule has 1 saturated carbocycles. The van der Waals surface area contributed by atoms with Crippen LogP contribution in [0.5, 0.6) is 0 Å². The molecule has 118 valence electrons. The van der Waals surface area contributed by atoms with Crippen molar-refractivity contribution in [2.24, 2.45) is 5.41 Å². The lowest BCUT2D eigenvalue weighted by Gasteiger charge is -2.37. The molecule has 0 aromatic heterocycles. The highest BCUT2D eigenvalue weighted by Gasteiger charge is 2.35. The Kier molecular flexibility index (Phi) is 6.09. The average molecular weight is 309 g/mol. The first-order valence-electron chi connectivity index (χ1n) is 8.23. The topological polar surface area (TPSA) is 15.3 Å². The minimum absolute atomic E-state index is 0.405. The lowest BCUT2D eigenvalue weighted by Crippen LogP contribution is -2.42. The molecule has 0 spiro atoms. The molecule has 1 aromatic carbocycles. The molecule has 1 fully saturated rings. The van der Waals surface area contributed by atoms with Crippen LogP contribution in [0, 0.1) is 5.41 Å². The normalized spacial score (nSPS) is 19.1. The van der Waals surface area contributed by atoms with Gasteiger partial charge in [-0.2, -0.15) is 0 Å². The number of hydrogen-bond acceptors (Lipinski definition) is 2. The minimum atomic E-state index is 0.405. The van der Waals surface area contributed by atoms with Crippen molar-refractivity contribution < 1.29 is 0 Å². The van der Waals surface area contributed by atoms with E-state index in [0.717, 1.165) is 24.7 Å². The van der Waals surface area contributed by atoms with E-state index in [-0.39, 0.29) is 0 Å². The van der Waals surface area contributed by atoms with Gasteiger partial charge in [0.05, 0.1) is 0 Å². The summed E-state index contributed by atoms with van der Waals surface area (Å²) in [4.78, 5) is 2.49. The number of nitrogens with one attached hydrogen (secondary N) is 1. The summed E-state index contributed by atoms with van der Waals surface area (Å²) in [7, 11) is 2.25. The smallest absolute Gasteiger partial charge is 0.0409 e. The maximum Gasteiger partial charge on any atom is 0.0409 e. The van der Waals surface area contributed by atoms with Crippen LogP contribution in [-0.2, 0) is 0 Å². The van der Waals surface area contributed by atoms with Crippen molar-refractivity contribution in [2.45, 2.75) is 45.6 Å². The number of rotatable bonds is 7. The van der Waals surface area contributed by atoms with Crippen LogP contribution in [0.15, 0.2) is 24.3 Å². The maximum absolute atomic E-state index is 6.13. The van der Waals surface area contributed by atoms with Crippen LogP contribution >= 0.6 is 11.6 Å². The van der Waals surface area contributed by atoms with E-state index in [1.807, 2.05) is 12.1 Å². The van der Waals surface area contributed by atoms with Crippen molar-refractivity contribution in [3.8, 4) is 0 Å². The largest absolute Gasteiger partial charge is 0.316 e. The fourth-order valence-electron chi connectivity index (χ4n) is 3.59. The van der Waals surface area contributed by atoms with E-state index in [1.54, 1.807) is 0 Å². The number of halogens is 1. The fraction of sp³-hybridized carbons (Fsp3) is 0.667. The molecule has 2 rings (SSSR count). The molecule has 1 N–H and O–H groups in total. The summed E-state index contributed by atoms with van der Waals surface area (Å²) >= 11 is 6.13. The lowest BCUT2D eigenvalue weighted by atomic mass is 9.85. The average Bonchev–Trinajstić information content (AvgIpc) is 2.93. The zero-order chi connectivity index (χ0) is 15.3. The molecule has 0 bridgehead atoms. The molecule has 1 aliphatic rings. The van der Waals surface area contributed by atoms with Crippen LogP contribution in [0.25, 0.3) is 0 Å². The van der Waals surface area contributed by atoms with Crippen LogP contribution in [0.3, 0.4) is 0 Å². The maximum atomic E-state index is 6.13. The van der Waals surface area contributed by atoms with Crippen LogP contribution < -0.4 is 5.32 Å². The van der Waals surface area contributed by atoms with Gasteiger partial charge in [0.1, 0.15) is 0 Å². The van der Waals surface area contributed by atoms with E-state index in [0.29, 0.717) is 11.5 Å². The number of benzene rings is 1. The van der Waals surface area contributed by atoms with Crippen LogP contribution in [0.4, 0.5) is 0 Å². The third-order valence-electron chi connectivity index (χ3n) is 4.99. The summed E-state index contributed by atoms with van der Waals surface area (Å²) in [5, 5.41) is 4.41. The molecular formula is C18H29ClN2. The SMILES string of the molecule is CCNCC1(CN(C)C(C)c2cccc(Cl)c2)CCCC1. The second kappa shape index (κ2) is 7.62. The first-order chi connectivity index (χ1) is 10.1. The van der Waals surface area contributed by atoms with Gasteiger partial charge >= 0.3 is 0 Å². The third kappa shape index (κ3) is 4.45. The molecule has 21 heavy (non-hydrogen) atoms. The van der Waals surface area contributed by atoms with E-state index in [2.05, 4.69) is 43.2 Å². The van der Waals surface area contributed by atoms with Gasteiger partial charge in [-0.05, 0) is 56.5 Å². The molecule has 1 aromatic rings. The summed E-state index contributed by atoms with van der Waals surface area (Å²) in [5.74, 6) is 0. The monoisotopic (exact) mass is 308 g/mol. The highest BCUT2D eigenvalue weighted by atomic mass is 35.5. The molecule has 0 heterocycles. The van der Waals surface area contributed by atoms with Gasteiger partial charge in [0.25, 0.3) is 0 Å². The molecule has 0 radical (unpaired) electrons. The standard InChI is InChI=1S/C18H29ClN2/c1-4-20-13-18(10-5-6-11-18)14-21(3)15(2)16-8-7-9-17(19)12-16/h7-9,12,15,20H,4-6,10-11,13-14H2,1-3H3. The van der Waals surface area contributed by atoms with Crippen molar-refractivity contribution in [3.05, 3.63) is 34.9 Å². The predicted molar refractivity (Wildman–Crippen MR) is 91.9 cm³/mol. The summed E-state index contributed by atoms with van der Waals surface area (Å²) < 4.78 is 0. The second-order valence-corrected chi connectivity index (χ2v) is 7.07. The third-order valence-corrected chi connectivity index (χ3v) is 5.23. The first-order valence-corrected chi connectivity index (χ1v) is 8.60. The van der Waals surface area contributed by atoms with Crippen molar-refractivity contribution in [1.82, 2.24) is 10.2 Å². The molecule has 0 aliphatic heterocycles. The van der Waals surface area contributed by atoms with Gasteiger partial charge in [0.15, 0.2) is 0 Å². The van der Waals surface area contributed by atoms with Gasteiger partial charge in [-0.1, -0.05) is 43.5 Å². The van der Waals surface area contributed by atoms with Gasteiger partial charge in [0, 0.05) is 24.2 Å². The quantitative estimate of drug-likeness (QED) is 0.797. The highest BCUT2D eigenvalue weighted by Crippen LogP contribution is 2.39. The lowest BCUT2D eigenvalue weighted by molar-refractivity contribution is 0.142. The molecule has 2 nitrogen and oxygen atoms in total. The van der Waals surface area contributed by atoms with Crippen molar-refractivity contribution in [3.63, 3.8) is 0 Å². The Morgan fingerprint density at radius 2 is 2.05 bits per heavy atom. The van der Waals surface area contributed by atoms with Gasteiger partial charge < -0.3 is 5.32 Å². The van der Waals surface area contributed by atoms with Crippen molar-refractivity contribution >= 4 is 11.6 Å². The molecule has 0 amide bonds. The Morgan fingerprint density at radius 1 is 1.33 bits per heavy atom. The Balaban J connectivity index is 2.02. The van der Waals surface area contributed by atoms with Gasteiger partial charge in [-0.15, -0.1) is 0 Å². The van der Waals surface area contributed by atoms with Crippen LogP contribution in [-0.4, -0.2) is 31.6 Å². The Labute approximate surface area is 134 Å². The molecule has 1 aliphatic carbocycles. The van der Waals surface area contributed by atoms with Crippen molar-refractivity contribution in [2.75, 3.05) is 26.7 Å². The molecule has 0 saturated heterocycles. The van der Waals surface area contributed by atoms with Gasteiger partial charge in [-0.25, -0.2) is 0 Å². The highest BCUT2D eigenvalue weighted by molar-refractivity contribution is 6.30. The first kappa shape index (κ1) is 16.8. The summed E-state index contributed by atoms with van der Waals surface area (Å²) in [6.45, 7) is 7.85. The summed E-state index contributed by atoms with van der Waals surface area (Å²) in [5.41, 5.74) is 1.76. The van der Waals surface area contributed by atoms with E-state index >= 15 is 0 Å².